The van der Waals surface area contributed by atoms with Gasteiger partial charge in [0.15, 0.2) is 5.60 Å². The molecule has 0 radical (unpaired) electrons. The Balaban J connectivity index is 2.76. The maximum Gasteiger partial charge on any atom is 0.337 e. The summed E-state index contributed by atoms with van der Waals surface area (Å²) in [5.41, 5.74) is -1.47. The molecule has 0 aromatic carbocycles. The van der Waals surface area contributed by atoms with Gasteiger partial charge in [-0.3, -0.25) is 0 Å². The maximum absolute atomic E-state index is 11.4. The molecule has 1 aliphatic heterocycles. The van der Waals surface area contributed by atoms with Gasteiger partial charge in [-0.1, -0.05) is 6.08 Å². The van der Waals surface area contributed by atoms with Crippen LogP contribution in [0.3, 0.4) is 0 Å². The minimum absolute atomic E-state index is 0.142. The number of rotatable bonds is 4. The number of carbonyl (C=O) groups excluding carboxylic acids is 1. The molecule has 3 unspecified atom stereocenters. The largest absolute Gasteiger partial charge is 0.467 e. The van der Waals surface area contributed by atoms with Crippen molar-refractivity contribution in [3.63, 3.8) is 0 Å². The van der Waals surface area contributed by atoms with Gasteiger partial charge in [0.25, 0.3) is 0 Å². The molecule has 1 fully saturated rings. The van der Waals surface area contributed by atoms with E-state index in [2.05, 4.69) is 11.3 Å². The molecule has 86 valence electrons. The van der Waals surface area contributed by atoms with Crippen LogP contribution in [0.25, 0.3) is 0 Å². The highest BCUT2D eigenvalue weighted by molar-refractivity contribution is 5.79. The second-order valence-corrected chi connectivity index (χ2v) is 3.97. The summed E-state index contributed by atoms with van der Waals surface area (Å²) < 4.78 is 10.0. The van der Waals surface area contributed by atoms with Gasteiger partial charge in [-0.2, -0.15) is 0 Å². The van der Waals surface area contributed by atoms with Crippen molar-refractivity contribution in [3.8, 4) is 0 Å². The fourth-order valence-corrected chi connectivity index (χ4v) is 2.05. The highest BCUT2D eigenvalue weighted by atomic mass is 16.5. The molecule has 4 heteroatoms. The van der Waals surface area contributed by atoms with Crippen molar-refractivity contribution in [2.45, 2.75) is 31.5 Å². The summed E-state index contributed by atoms with van der Waals surface area (Å²) in [5.74, 6) is -0.824. The van der Waals surface area contributed by atoms with Gasteiger partial charge in [0, 0.05) is 12.5 Å². The molecule has 1 aliphatic rings. The Morgan fingerprint density at radius 3 is 3.00 bits per heavy atom. The van der Waals surface area contributed by atoms with Crippen LogP contribution in [0.5, 0.6) is 0 Å². The minimum atomic E-state index is -1.47. The summed E-state index contributed by atoms with van der Waals surface area (Å²) in [4.78, 5) is 11.4. The van der Waals surface area contributed by atoms with Gasteiger partial charge in [-0.05, 0) is 19.8 Å². The molecule has 0 spiro atoms. The number of hydrogen-bond acceptors (Lipinski definition) is 4. The molecule has 0 bridgehead atoms. The Labute approximate surface area is 89.9 Å². The molecule has 3 atom stereocenters. The third kappa shape index (κ3) is 2.38. The fraction of sp³-hybridized carbons (Fsp3) is 0.727. The van der Waals surface area contributed by atoms with Crippen LogP contribution in [0.15, 0.2) is 12.7 Å². The van der Waals surface area contributed by atoms with E-state index in [1.807, 2.05) is 0 Å². The number of methoxy groups -OCH3 is 1. The lowest BCUT2D eigenvalue weighted by atomic mass is 9.83. The Morgan fingerprint density at radius 1 is 1.80 bits per heavy atom. The molecule has 4 nitrogen and oxygen atoms in total. The Morgan fingerprint density at radius 2 is 2.47 bits per heavy atom. The smallest absolute Gasteiger partial charge is 0.337 e. The molecule has 0 aliphatic carbocycles. The predicted molar refractivity (Wildman–Crippen MR) is 55.3 cm³/mol. The van der Waals surface area contributed by atoms with E-state index >= 15 is 0 Å². The number of esters is 1. The average Bonchev–Trinajstić information content (AvgIpc) is 2.66. The van der Waals surface area contributed by atoms with Crippen LogP contribution >= 0.6 is 0 Å². The van der Waals surface area contributed by atoms with E-state index in [0.717, 1.165) is 0 Å². The van der Waals surface area contributed by atoms with E-state index in [1.54, 1.807) is 6.08 Å². The number of ether oxygens (including phenoxy) is 2. The molecule has 1 N–H and O–H groups in total. The zero-order valence-electron chi connectivity index (χ0n) is 9.23. The van der Waals surface area contributed by atoms with Crippen molar-refractivity contribution >= 4 is 5.97 Å². The van der Waals surface area contributed by atoms with E-state index in [4.69, 9.17) is 4.74 Å². The predicted octanol–water partition coefficient (Wildman–Crippen LogP) is 0.892. The Bertz CT molecular complexity index is 247. The minimum Gasteiger partial charge on any atom is -0.467 e. The van der Waals surface area contributed by atoms with Crippen LogP contribution in [0.1, 0.15) is 19.8 Å². The van der Waals surface area contributed by atoms with Crippen molar-refractivity contribution in [1.29, 1.82) is 0 Å². The molecule has 15 heavy (non-hydrogen) atoms. The lowest BCUT2D eigenvalue weighted by Gasteiger charge is -2.30. The van der Waals surface area contributed by atoms with Crippen molar-refractivity contribution < 1.29 is 19.4 Å². The second-order valence-electron chi connectivity index (χ2n) is 3.97. The second kappa shape index (κ2) is 4.77. The number of aliphatic hydroxyl groups is 1. The lowest BCUT2D eigenvalue weighted by Crippen LogP contribution is -2.47. The van der Waals surface area contributed by atoms with Crippen molar-refractivity contribution in [1.82, 2.24) is 0 Å². The first-order valence-electron chi connectivity index (χ1n) is 5.07. The van der Waals surface area contributed by atoms with Crippen molar-refractivity contribution in [3.05, 3.63) is 12.7 Å². The quantitative estimate of drug-likeness (QED) is 0.558. The van der Waals surface area contributed by atoms with Gasteiger partial charge in [0.05, 0.1) is 13.2 Å². The number of hydrogen-bond donors (Lipinski definition) is 1. The topological polar surface area (TPSA) is 55.8 Å². The molecule has 0 saturated carbocycles. The molecule has 1 rings (SSSR count). The lowest BCUT2D eigenvalue weighted by molar-refractivity contribution is -0.168. The van der Waals surface area contributed by atoms with E-state index in [-0.39, 0.29) is 12.0 Å². The first-order chi connectivity index (χ1) is 7.04. The summed E-state index contributed by atoms with van der Waals surface area (Å²) in [6.45, 7) is 5.67. The van der Waals surface area contributed by atoms with E-state index in [1.165, 1.54) is 14.0 Å². The average molecular weight is 214 g/mol. The first kappa shape index (κ1) is 12.2. The molecule has 1 saturated heterocycles. The third-order valence-electron chi connectivity index (χ3n) is 2.93. The third-order valence-corrected chi connectivity index (χ3v) is 2.93. The summed E-state index contributed by atoms with van der Waals surface area (Å²) in [5, 5.41) is 10.1. The van der Waals surface area contributed by atoms with Gasteiger partial charge in [-0.15, -0.1) is 6.58 Å². The standard InChI is InChI=1S/C11H18O4/c1-4-5-9-8(6-7-15-9)11(2,13)10(12)14-3/h4,8-9,13H,1,5-7H2,2-3H3. The zero-order valence-corrected chi connectivity index (χ0v) is 9.23. The van der Waals surface area contributed by atoms with Gasteiger partial charge in [-0.25, -0.2) is 4.79 Å². The van der Waals surface area contributed by atoms with Crippen LogP contribution in [-0.2, 0) is 14.3 Å². The molecular weight excluding hydrogens is 196 g/mol. The Kier molecular flexibility index (Phi) is 3.88. The summed E-state index contributed by atoms with van der Waals surface area (Å²) >= 11 is 0. The van der Waals surface area contributed by atoms with Gasteiger partial charge < -0.3 is 14.6 Å². The van der Waals surface area contributed by atoms with Crippen LogP contribution in [0, 0.1) is 5.92 Å². The molecule has 0 amide bonds. The van der Waals surface area contributed by atoms with Crippen LogP contribution in [0.2, 0.25) is 0 Å². The van der Waals surface area contributed by atoms with E-state index in [9.17, 15) is 9.90 Å². The summed E-state index contributed by atoms with van der Waals surface area (Å²) in [6, 6.07) is 0. The monoisotopic (exact) mass is 214 g/mol. The van der Waals surface area contributed by atoms with Crippen molar-refractivity contribution in [2.75, 3.05) is 13.7 Å². The Hall–Kier alpha value is -0.870. The first-order valence-corrected chi connectivity index (χ1v) is 5.07. The van der Waals surface area contributed by atoms with Gasteiger partial charge in [0.2, 0.25) is 0 Å². The van der Waals surface area contributed by atoms with Crippen LogP contribution < -0.4 is 0 Å². The van der Waals surface area contributed by atoms with Gasteiger partial charge >= 0.3 is 5.97 Å². The van der Waals surface area contributed by atoms with Crippen molar-refractivity contribution in [2.24, 2.45) is 5.92 Å². The summed E-state index contributed by atoms with van der Waals surface area (Å²) in [7, 11) is 1.27. The highest BCUT2D eigenvalue weighted by Gasteiger charge is 2.46. The van der Waals surface area contributed by atoms with E-state index < -0.39 is 11.6 Å². The van der Waals surface area contributed by atoms with Gasteiger partial charge in [0.1, 0.15) is 0 Å². The molecule has 1 heterocycles. The van der Waals surface area contributed by atoms with E-state index in [0.29, 0.717) is 19.4 Å². The molecule has 0 aromatic rings. The summed E-state index contributed by atoms with van der Waals surface area (Å²) in [6.07, 6.45) is 2.89. The van der Waals surface area contributed by atoms with Crippen LogP contribution in [-0.4, -0.2) is 36.5 Å². The normalized spacial score (nSPS) is 29.5. The SMILES string of the molecule is C=CCC1OCCC1C(C)(O)C(=O)OC. The molecule has 0 aromatic heterocycles. The zero-order chi connectivity index (χ0) is 11.5. The van der Waals surface area contributed by atoms with Crippen LogP contribution in [0.4, 0.5) is 0 Å². The fourth-order valence-electron chi connectivity index (χ4n) is 2.05. The highest BCUT2D eigenvalue weighted by Crippen LogP contribution is 2.33. The number of carbonyl (C=O) groups is 1. The molecular formula is C11H18O4. The maximum atomic E-state index is 11.4.